The van der Waals surface area contributed by atoms with Crippen molar-refractivity contribution in [2.45, 2.75) is 12.5 Å². The van der Waals surface area contributed by atoms with Gasteiger partial charge in [-0.15, -0.1) is 5.10 Å². The Bertz CT molecular complexity index is 1160. The third kappa shape index (κ3) is 4.69. The Balaban J connectivity index is 1.60. The van der Waals surface area contributed by atoms with Crippen LogP contribution in [0.25, 0.3) is 0 Å². The van der Waals surface area contributed by atoms with E-state index in [1.54, 1.807) is 31.3 Å². The van der Waals surface area contributed by atoms with Gasteiger partial charge in [-0.1, -0.05) is 42.5 Å². The number of likely N-dealkylation sites (N-methyl/N-ethyl adjacent to an activating group) is 1. The number of esters is 1. The normalized spacial score (nSPS) is 15.3. The van der Waals surface area contributed by atoms with Crippen molar-refractivity contribution in [3.8, 4) is 5.75 Å². The SMILES string of the molecule is COC(=O)CN(C(=O)c1n[nH]c(Cc2ccccc2)n1)[C@H]1COc2ccccc2N(C)C1=O. The van der Waals surface area contributed by atoms with Crippen LogP contribution in [0.5, 0.6) is 5.75 Å². The van der Waals surface area contributed by atoms with E-state index in [1.165, 1.54) is 12.0 Å². The van der Waals surface area contributed by atoms with E-state index in [2.05, 4.69) is 15.2 Å². The van der Waals surface area contributed by atoms with Crippen LogP contribution in [0.2, 0.25) is 0 Å². The summed E-state index contributed by atoms with van der Waals surface area (Å²) in [6, 6.07) is 15.6. The minimum atomic E-state index is -1.08. The topological polar surface area (TPSA) is 118 Å². The largest absolute Gasteiger partial charge is 0.489 e. The molecule has 0 saturated heterocycles. The lowest BCUT2D eigenvalue weighted by Crippen LogP contribution is -2.54. The molecular formula is C23H23N5O5. The lowest BCUT2D eigenvalue weighted by Gasteiger charge is -2.29. The molecule has 33 heavy (non-hydrogen) atoms. The van der Waals surface area contributed by atoms with Gasteiger partial charge in [0.05, 0.1) is 12.8 Å². The summed E-state index contributed by atoms with van der Waals surface area (Å²) in [5.74, 6) is -0.933. The molecule has 0 unspecified atom stereocenters. The van der Waals surface area contributed by atoms with Crippen molar-refractivity contribution in [2.75, 3.05) is 32.2 Å². The molecule has 0 aliphatic carbocycles. The fourth-order valence-electron chi connectivity index (χ4n) is 3.58. The number of carbonyl (C=O) groups excluding carboxylic acids is 3. The first-order valence-electron chi connectivity index (χ1n) is 10.3. The zero-order chi connectivity index (χ0) is 23.4. The van der Waals surface area contributed by atoms with E-state index in [1.807, 2.05) is 30.3 Å². The quantitative estimate of drug-likeness (QED) is 0.566. The third-order valence-electron chi connectivity index (χ3n) is 5.34. The van der Waals surface area contributed by atoms with Gasteiger partial charge in [0.15, 0.2) is 0 Å². The Morgan fingerprint density at radius 1 is 1.18 bits per heavy atom. The van der Waals surface area contributed by atoms with Gasteiger partial charge in [0.1, 0.15) is 30.8 Å². The number of methoxy groups -OCH3 is 1. The molecule has 10 heteroatoms. The highest BCUT2D eigenvalue weighted by Gasteiger charge is 2.38. The first-order chi connectivity index (χ1) is 16.0. The summed E-state index contributed by atoms with van der Waals surface area (Å²) in [5, 5.41) is 6.78. The minimum Gasteiger partial charge on any atom is -0.489 e. The molecule has 1 aliphatic heterocycles. The van der Waals surface area contributed by atoms with Crippen molar-refractivity contribution in [2.24, 2.45) is 0 Å². The standard InChI is InChI=1S/C23H23N5O5/c1-27-16-10-6-7-11-18(16)33-14-17(22(27)30)28(13-20(29)32-2)23(31)21-24-19(25-26-21)12-15-8-4-3-5-9-15/h3-11,17H,12-14H2,1-2H3,(H,24,25,26)/t17-/m0/s1. The fraction of sp³-hybridized carbons (Fsp3) is 0.261. The van der Waals surface area contributed by atoms with Crippen LogP contribution in [0.3, 0.4) is 0 Å². The zero-order valence-corrected chi connectivity index (χ0v) is 18.2. The summed E-state index contributed by atoms with van der Waals surface area (Å²) in [6.07, 6.45) is 0.446. The Morgan fingerprint density at radius 2 is 1.91 bits per heavy atom. The number of amides is 2. The van der Waals surface area contributed by atoms with Gasteiger partial charge in [0.25, 0.3) is 11.8 Å². The van der Waals surface area contributed by atoms with Crippen LogP contribution in [0, 0.1) is 0 Å². The van der Waals surface area contributed by atoms with Crippen molar-refractivity contribution < 1.29 is 23.9 Å². The van der Waals surface area contributed by atoms with Crippen LogP contribution < -0.4 is 9.64 Å². The Morgan fingerprint density at radius 3 is 2.67 bits per heavy atom. The van der Waals surface area contributed by atoms with E-state index in [-0.39, 0.29) is 12.4 Å². The van der Waals surface area contributed by atoms with Gasteiger partial charge >= 0.3 is 5.97 Å². The van der Waals surface area contributed by atoms with Crippen molar-refractivity contribution in [1.82, 2.24) is 20.1 Å². The number of carbonyl (C=O) groups is 3. The number of aromatic nitrogens is 3. The van der Waals surface area contributed by atoms with Gasteiger partial charge in [-0.25, -0.2) is 4.98 Å². The molecule has 0 bridgehead atoms. The highest BCUT2D eigenvalue weighted by Crippen LogP contribution is 2.31. The molecule has 1 atom stereocenters. The Kier molecular flexibility index (Phi) is 6.34. The van der Waals surface area contributed by atoms with Crippen LogP contribution in [-0.2, 0) is 20.7 Å². The van der Waals surface area contributed by atoms with Gasteiger partial charge in [-0.05, 0) is 17.7 Å². The summed E-state index contributed by atoms with van der Waals surface area (Å²) in [5.41, 5.74) is 1.56. The molecule has 2 aromatic carbocycles. The monoisotopic (exact) mass is 449 g/mol. The molecule has 10 nitrogen and oxygen atoms in total. The van der Waals surface area contributed by atoms with Crippen LogP contribution in [0.1, 0.15) is 22.0 Å². The summed E-state index contributed by atoms with van der Waals surface area (Å²) in [4.78, 5) is 45.5. The lowest BCUT2D eigenvalue weighted by atomic mass is 10.1. The van der Waals surface area contributed by atoms with Crippen LogP contribution in [0.4, 0.5) is 5.69 Å². The summed E-state index contributed by atoms with van der Waals surface area (Å²) in [7, 11) is 2.80. The number of nitrogens with one attached hydrogen (secondary N) is 1. The third-order valence-corrected chi connectivity index (χ3v) is 5.34. The molecule has 0 spiro atoms. The van der Waals surface area contributed by atoms with E-state index < -0.39 is 30.4 Å². The van der Waals surface area contributed by atoms with E-state index in [9.17, 15) is 14.4 Å². The number of aromatic amines is 1. The molecule has 0 fully saturated rings. The average molecular weight is 449 g/mol. The van der Waals surface area contributed by atoms with Gasteiger partial charge in [-0.3, -0.25) is 19.5 Å². The predicted octanol–water partition coefficient (Wildman–Crippen LogP) is 1.43. The molecule has 1 aromatic heterocycles. The number of nitrogens with zero attached hydrogens (tertiary/aromatic N) is 4. The molecule has 0 saturated carbocycles. The number of benzene rings is 2. The molecule has 3 aromatic rings. The maximum atomic E-state index is 13.3. The number of fused-ring (bicyclic) bond motifs is 1. The zero-order valence-electron chi connectivity index (χ0n) is 18.2. The number of hydrogen-bond donors (Lipinski definition) is 1. The molecular weight excluding hydrogens is 426 g/mol. The second-order valence-electron chi connectivity index (χ2n) is 7.47. The van der Waals surface area contributed by atoms with Gasteiger partial charge < -0.3 is 19.3 Å². The van der Waals surface area contributed by atoms with Crippen molar-refractivity contribution in [3.05, 3.63) is 71.8 Å². The average Bonchev–Trinajstić information content (AvgIpc) is 3.26. The number of ether oxygens (including phenoxy) is 2. The smallest absolute Gasteiger partial charge is 0.325 e. The number of H-pyrrole nitrogens is 1. The molecule has 1 N–H and O–H groups in total. The molecule has 170 valence electrons. The number of para-hydroxylation sites is 2. The van der Waals surface area contributed by atoms with E-state index >= 15 is 0 Å². The minimum absolute atomic E-state index is 0.135. The highest BCUT2D eigenvalue weighted by molar-refractivity contribution is 6.03. The molecule has 2 heterocycles. The van der Waals surface area contributed by atoms with Gasteiger partial charge in [-0.2, -0.15) is 0 Å². The van der Waals surface area contributed by atoms with E-state index in [0.29, 0.717) is 23.7 Å². The second-order valence-corrected chi connectivity index (χ2v) is 7.47. The summed E-state index contributed by atoms with van der Waals surface area (Å²) >= 11 is 0. The molecule has 0 radical (unpaired) electrons. The second kappa shape index (κ2) is 9.51. The van der Waals surface area contributed by atoms with Crippen LogP contribution >= 0.6 is 0 Å². The molecule has 1 aliphatic rings. The Labute approximate surface area is 190 Å². The van der Waals surface area contributed by atoms with Crippen molar-refractivity contribution >= 4 is 23.5 Å². The van der Waals surface area contributed by atoms with Gasteiger partial charge in [0.2, 0.25) is 5.82 Å². The maximum absolute atomic E-state index is 13.3. The Hall–Kier alpha value is -4.21. The van der Waals surface area contributed by atoms with Crippen LogP contribution in [0.15, 0.2) is 54.6 Å². The maximum Gasteiger partial charge on any atom is 0.325 e. The highest BCUT2D eigenvalue weighted by atomic mass is 16.5. The molecule has 4 rings (SSSR count). The first kappa shape index (κ1) is 22.0. The van der Waals surface area contributed by atoms with Crippen molar-refractivity contribution in [3.63, 3.8) is 0 Å². The summed E-state index contributed by atoms with van der Waals surface area (Å²) in [6.45, 7) is -0.591. The predicted molar refractivity (Wildman–Crippen MR) is 118 cm³/mol. The number of anilines is 1. The number of rotatable bonds is 6. The van der Waals surface area contributed by atoms with Crippen LogP contribution in [-0.4, -0.2) is 71.2 Å². The number of hydrogen-bond acceptors (Lipinski definition) is 7. The lowest BCUT2D eigenvalue weighted by molar-refractivity contribution is -0.142. The van der Waals surface area contributed by atoms with Gasteiger partial charge in [0, 0.05) is 13.5 Å². The first-order valence-corrected chi connectivity index (χ1v) is 10.3. The summed E-state index contributed by atoms with van der Waals surface area (Å²) < 4.78 is 10.6. The molecule has 2 amide bonds. The fourth-order valence-corrected chi connectivity index (χ4v) is 3.58. The van der Waals surface area contributed by atoms with E-state index in [0.717, 1.165) is 10.5 Å². The van der Waals surface area contributed by atoms with Crippen molar-refractivity contribution in [1.29, 1.82) is 0 Å². The van der Waals surface area contributed by atoms with E-state index in [4.69, 9.17) is 9.47 Å².